The SMILES string of the molecule is C/C=C/CCNC(CN)CC1CCCCC1. The second-order valence-corrected chi connectivity index (χ2v) is 4.98. The molecule has 3 N–H and O–H groups in total. The molecule has 1 unspecified atom stereocenters. The topological polar surface area (TPSA) is 38.0 Å². The fraction of sp³-hybridized carbons (Fsp3) is 0.857. The Morgan fingerprint density at radius 2 is 2.06 bits per heavy atom. The molecule has 2 nitrogen and oxygen atoms in total. The summed E-state index contributed by atoms with van der Waals surface area (Å²) in [6.45, 7) is 3.92. The average molecular weight is 224 g/mol. The van der Waals surface area contributed by atoms with Crippen molar-refractivity contribution in [2.75, 3.05) is 13.1 Å². The molecule has 16 heavy (non-hydrogen) atoms. The minimum absolute atomic E-state index is 0.536. The van der Waals surface area contributed by atoms with E-state index in [1.54, 1.807) is 0 Å². The van der Waals surface area contributed by atoms with E-state index in [4.69, 9.17) is 5.73 Å². The van der Waals surface area contributed by atoms with Crippen molar-refractivity contribution in [1.82, 2.24) is 5.32 Å². The molecule has 1 aliphatic rings. The first-order valence-corrected chi connectivity index (χ1v) is 6.91. The summed E-state index contributed by atoms with van der Waals surface area (Å²) in [7, 11) is 0. The first-order chi connectivity index (χ1) is 7.86. The molecule has 1 rings (SSSR count). The fourth-order valence-corrected chi connectivity index (χ4v) is 2.63. The van der Waals surface area contributed by atoms with E-state index >= 15 is 0 Å². The van der Waals surface area contributed by atoms with E-state index in [1.165, 1.54) is 38.5 Å². The van der Waals surface area contributed by atoms with Crippen LogP contribution in [0, 0.1) is 5.92 Å². The van der Waals surface area contributed by atoms with Crippen molar-refractivity contribution in [1.29, 1.82) is 0 Å². The quantitative estimate of drug-likeness (QED) is 0.515. The van der Waals surface area contributed by atoms with E-state index < -0.39 is 0 Å². The summed E-state index contributed by atoms with van der Waals surface area (Å²) in [5.74, 6) is 0.927. The van der Waals surface area contributed by atoms with Gasteiger partial charge in [-0.2, -0.15) is 0 Å². The minimum Gasteiger partial charge on any atom is -0.329 e. The molecule has 0 saturated heterocycles. The number of hydrogen-bond donors (Lipinski definition) is 2. The van der Waals surface area contributed by atoms with E-state index in [1.807, 2.05) is 0 Å². The van der Waals surface area contributed by atoms with Crippen molar-refractivity contribution in [2.24, 2.45) is 11.7 Å². The molecule has 1 atom stereocenters. The van der Waals surface area contributed by atoms with Crippen LogP contribution in [-0.4, -0.2) is 19.1 Å². The molecule has 0 amide bonds. The molecule has 1 saturated carbocycles. The molecule has 0 spiro atoms. The maximum absolute atomic E-state index is 5.82. The van der Waals surface area contributed by atoms with Crippen molar-refractivity contribution in [3.8, 4) is 0 Å². The zero-order chi connectivity index (χ0) is 11.6. The number of hydrogen-bond acceptors (Lipinski definition) is 2. The predicted octanol–water partition coefficient (Wildman–Crippen LogP) is 2.84. The van der Waals surface area contributed by atoms with Crippen molar-refractivity contribution in [2.45, 2.75) is 57.9 Å². The molecule has 0 aliphatic heterocycles. The predicted molar refractivity (Wildman–Crippen MR) is 71.5 cm³/mol. The molecule has 0 aromatic rings. The van der Waals surface area contributed by atoms with Crippen LogP contribution in [0.25, 0.3) is 0 Å². The van der Waals surface area contributed by atoms with Gasteiger partial charge in [0.1, 0.15) is 0 Å². The molecule has 0 aromatic heterocycles. The van der Waals surface area contributed by atoms with Gasteiger partial charge in [-0.25, -0.2) is 0 Å². The van der Waals surface area contributed by atoms with Gasteiger partial charge in [0.25, 0.3) is 0 Å². The lowest BCUT2D eigenvalue weighted by molar-refractivity contribution is 0.300. The van der Waals surface area contributed by atoms with Gasteiger partial charge in [0, 0.05) is 12.6 Å². The molecule has 0 heterocycles. The van der Waals surface area contributed by atoms with Gasteiger partial charge in [-0.15, -0.1) is 0 Å². The van der Waals surface area contributed by atoms with Gasteiger partial charge in [-0.3, -0.25) is 0 Å². The second kappa shape index (κ2) is 8.77. The minimum atomic E-state index is 0.536. The van der Waals surface area contributed by atoms with Crippen LogP contribution in [0.2, 0.25) is 0 Å². The van der Waals surface area contributed by atoms with Crippen molar-refractivity contribution < 1.29 is 0 Å². The third-order valence-electron chi connectivity index (χ3n) is 3.61. The third-order valence-corrected chi connectivity index (χ3v) is 3.61. The highest BCUT2D eigenvalue weighted by Gasteiger charge is 2.17. The van der Waals surface area contributed by atoms with Gasteiger partial charge >= 0.3 is 0 Å². The van der Waals surface area contributed by atoms with Gasteiger partial charge in [0.15, 0.2) is 0 Å². The molecule has 1 aliphatic carbocycles. The standard InChI is InChI=1S/C14H28N2/c1-2-3-7-10-16-14(12-15)11-13-8-5-4-6-9-13/h2-3,13-14,16H,4-12,15H2,1H3/b3-2+. The molecular weight excluding hydrogens is 196 g/mol. The summed E-state index contributed by atoms with van der Waals surface area (Å²) in [6, 6.07) is 0.536. The van der Waals surface area contributed by atoms with Crippen molar-refractivity contribution in [3.63, 3.8) is 0 Å². The third kappa shape index (κ3) is 5.66. The first kappa shape index (κ1) is 13.7. The second-order valence-electron chi connectivity index (χ2n) is 4.98. The van der Waals surface area contributed by atoms with Crippen LogP contribution in [0.1, 0.15) is 51.9 Å². The molecule has 2 heteroatoms. The Kier molecular flexibility index (Phi) is 7.52. The maximum atomic E-state index is 5.82. The van der Waals surface area contributed by atoms with Crippen LogP contribution in [-0.2, 0) is 0 Å². The number of rotatable bonds is 7. The van der Waals surface area contributed by atoms with Crippen LogP contribution in [0.15, 0.2) is 12.2 Å². The van der Waals surface area contributed by atoms with E-state index in [2.05, 4.69) is 24.4 Å². The van der Waals surface area contributed by atoms with Crippen LogP contribution in [0.5, 0.6) is 0 Å². The number of allylic oxidation sites excluding steroid dienone is 1. The number of nitrogens with two attached hydrogens (primary N) is 1. The Morgan fingerprint density at radius 3 is 2.69 bits per heavy atom. The van der Waals surface area contributed by atoms with Crippen molar-refractivity contribution >= 4 is 0 Å². The Bertz CT molecular complexity index is 183. The van der Waals surface area contributed by atoms with Crippen LogP contribution in [0.4, 0.5) is 0 Å². The first-order valence-electron chi connectivity index (χ1n) is 6.91. The van der Waals surface area contributed by atoms with E-state index in [0.717, 1.165) is 25.4 Å². The summed E-state index contributed by atoms with van der Waals surface area (Å²) in [6.07, 6.45) is 13.9. The van der Waals surface area contributed by atoms with Crippen LogP contribution in [0.3, 0.4) is 0 Å². The Hall–Kier alpha value is -0.340. The largest absolute Gasteiger partial charge is 0.329 e. The molecule has 94 valence electrons. The summed E-state index contributed by atoms with van der Waals surface area (Å²) in [5, 5.41) is 3.58. The van der Waals surface area contributed by atoms with Gasteiger partial charge in [-0.1, -0.05) is 44.3 Å². The lowest BCUT2D eigenvalue weighted by Gasteiger charge is -2.26. The van der Waals surface area contributed by atoms with Gasteiger partial charge in [0.2, 0.25) is 0 Å². The van der Waals surface area contributed by atoms with E-state index in [0.29, 0.717) is 6.04 Å². The summed E-state index contributed by atoms with van der Waals surface area (Å²) < 4.78 is 0. The lowest BCUT2D eigenvalue weighted by Crippen LogP contribution is -2.38. The van der Waals surface area contributed by atoms with E-state index in [-0.39, 0.29) is 0 Å². The molecule has 0 bridgehead atoms. The fourth-order valence-electron chi connectivity index (χ4n) is 2.63. The normalized spacial score (nSPS) is 20.4. The summed E-state index contributed by atoms with van der Waals surface area (Å²) in [5.41, 5.74) is 5.82. The summed E-state index contributed by atoms with van der Waals surface area (Å²) in [4.78, 5) is 0. The highest BCUT2D eigenvalue weighted by atomic mass is 14.9. The Labute approximate surface area is 101 Å². The lowest BCUT2D eigenvalue weighted by atomic mass is 9.85. The molecule has 0 aromatic carbocycles. The zero-order valence-electron chi connectivity index (χ0n) is 10.8. The van der Waals surface area contributed by atoms with Gasteiger partial charge in [-0.05, 0) is 32.2 Å². The Balaban J connectivity index is 2.14. The zero-order valence-corrected chi connectivity index (χ0v) is 10.8. The highest BCUT2D eigenvalue weighted by Crippen LogP contribution is 2.27. The average Bonchev–Trinajstić information content (AvgIpc) is 2.34. The molecular formula is C14H28N2. The smallest absolute Gasteiger partial charge is 0.0193 e. The summed E-state index contributed by atoms with van der Waals surface area (Å²) >= 11 is 0. The van der Waals surface area contributed by atoms with E-state index in [9.17, 15) is 0 Å². The highest BCUT2D eigenvalue weighted by molar-refractivity contribution is 4.80. The van der Waals surface area contributed by atoms with Crippen LogP contribution >= 0.6 is 0 Å². The maximum Gasteiger partial charge on any atom is 0.0193 e. The number of nitrogens with one attached hydrogen (secondary N) is 1. The monoisotopic (exact) mass is 224 g/mol. The van der Waals surface area contributed by atoms with Gasteiger partial charge in [0.05, 0.1) is 0 Å². The van der Waals surface area contributed by atoms with Gasteiger partial charge < -0.3 is 11.1 Å². The van der Waals surface area contributed by atoms with Crippen LogP contribution < -0.4 is 11.1 Å². The molecule has 1 fully saturated rings. The molecule has 0 radical (unpaired) electrons. The Morgan fingerprint density at radius 1 is 1.31 bits per heavy atom. The van der Waals surface area contributed by atoms with Crippen molar-refractivity contribution in [3.05, 3.63) is 12.2 Å².